The SMILES string of the molecule is COc1ccc(C2(CNS(=O)(=O)c3cccs3)CC2)cc1. The maximum Gasteiger partial charge on any atom is 0.250 e. The van der Waals surface area contributed by atoms with Gasteiger partial charge in [0.2, 0.25) is 10.0 Å². The van der Waals surface area contributed by atoms with Gasteiger partial charge in [-0.1, -0.05) is 18.2 Å². The van der Waals surface area contributed by atoms with E-state index < -0.39 is 10.0 Å². The molecule has 1 aliphatic carbocycles. The molecule has 0 spiro atoms. The monoisotopic (exact) mass is 323 g/mol. The molecule has 0 bridgehead atoms. The zero-order valence-electron chi connectivity index (χ0n) is 11.7. The largest absolute Gasteiger partial charge is 0.497 e. The maximum atomic E-state index is 12.2. The zero-order chi connectivity index (χ0) is 14.9. The first-order valence-electron chi connectivity index (χ1n) is 6.73. The van der Waals surface area contributed by atoms with Crippen LogP contribution in [0.5, 0.6) is 5.75 Å². The van der Waals surface area contributed by atoms with Crippen LogP contribution in [0, 0.1) is 0 Å². The first-order chi connectivity index (χ1) is 10.1. The van der Waals surface area contributed by atoms with Gasteiger partial charge >= 0.3 is 0 Å². The quantitative estimate of drug-likeness (QED) is 0.889. The van der Waals surface area contributed by atoms with E-state index >= 15 is 0 Å². The number of ether oxygens (including phenoxy) is 1. The summed E-state index contributed by atoms with van der Waals surface area (Å²) in [6.07, 6.45) is 2.01. The van der Waals surface area contributed by atoms with Crippen LogP contribution in [0.25, 0.3) is 0 Å². The first-order valence-corrected chi connectivity index (χ1v) is 9.10. The van der Waals surface area contributed by atoms with Gasteiger partial charge < -0.3 is 4.74 Å². The molecular formula is C15H17NO3S2. The fourth-order valence-electron chi connectivity index (χ4n) is 2.38. The van der Waals surface area contributed by atoms with Crippen molar-refractivity contribution in [2.45, 2.75) is 22.5 Å². The van der Waals surface area contributed by atoms with E-state index in [2.05, 4.69) is 4.72 Å². The summed E-state index contributed by atoms with van der Waals surface area (Å²) in [6.45, 7) is 0.444. The number of nitrogens with one attached hydrogen (secondary N) is 1. The zero-order valence-corrected chi connectivity index (χ0v) is 13.3. The average molecular weight is 323 g/mol. The summed E-state index contributed by atoms with van der Waals surface area (Å²) in [5, 5.41) is 1.77. The lowest BCUT2D eigenvalue weighted by atomic mass is 9.96. The van der Waals surface area contributed by atoms with Crippen LogP contribution >= 0.6 is 11.3 Å². The first kappa shape index (κ1) is 14.6. The van der Waals surface area contributed by atoms with Gasteiger partial charge in [-0.25, -0.2) is 13.1 Å². The van der Waals surface area contributed by atoms with Crippen molar-refractivity contribution in [1.82, 2.24) is 4.72 Å². The van der Waals surface area contributed by atoms with E-state index in [-0.39, 0.29) is 5.41 Å². The molecule has 1 N–H and O–H groups in total. The Morgan fingerprint density at radius 3 is 2.48 bits per heavy atom. The van der Waals surface area contributed by atoms with Crippen LogP contribution in [0.3, 0.4) is 0 Å². The van der Waals surface area contributed by atoms with Gasteiger partial charge in [0.05, 0.1) is 7.11 Å². The van der Waals surface area contributed by atoms with Gasteiger partial charge in [-0.3, -0.25) is 0 Å². The summed E-state index contributed by atoms with van der Waals surface area (Å²) in [6, 6.07) is 11.2. The van der Waals surface area contributed by atoms with Gasteiger partial charge in [0, 0.05) is 12.0 Å². The molecule has 112 valence electrons. The van der Waals surface area contributed by atoms with E-state index in [1.54, 1.807) is 24.6 Å². The van der Waals surface area contributed by atoms with Crippen LogP contribution in [-0.4, -0.2) is 22.1 Å². The van der Waals surface area contributed by atoms with Crippen molar-refractivity contribution in [3.8, 4) is 5.75 Å². The third kappa shape index (κ3) is 2.97. The predicted octanol–water partition coefficient (Wildman–Crippen LogP) is 2.77. The summed E-state index contributed by atoms with van der Waals surface area (Å²) < 4.78 is 32.6. The Bertz CT molecular complexity index is 702. The highest BCUT2D eigenvalue weighted by Gasteiger charge is 2.44. The Balaban J connectivity index is 1.72. The Hall–Kier alpha value is -1.37. The van der Waals surface area contributed by atoms with E-state index in [4.69, 9.17) is 4.74 Å². The number of methoxy groups -OCH3 is 1. The summed E-state index contributed by atoms with van der Waals surface area (Å²) in [4.78, 5) is 0. The molecule has 1 aromatic heterocycles. The third-order valence-corrected chi connectivity index (χ3v) is 6.72. The lowest BCUT2D eigenvalue weighted by Gasteiger charge is -2.16. The second kappa shape index (κ2) is 5.44. The summed E-state index contributed by atoms with van der Waals surface area (Å²) in [5.74, 6) is 0.814. The van der Waals surface area contributed by atoms with Crippen molar-refractivity contribution in [3.05, 3.63) is 47.3 Å². The molecule has 1 aliphatic rings. The highest BCUT2D eigenvalue weighted by Crippen LogP contribution is 2.48. The van der Waals surface area contributed by atoms with Gasteiger partial charge in [-0.2, -0.15) is 0 Å². The van der Waals surface area contributed by atoms with Crippen LogP contribution < -0.4 is 9.46 Å². The molecule has 0 unspecified atom stereocenters. The topological polar surface area (TPSA) is 55.4 Å². The smallest absolute Gasteiger partial charge is 0.250 e. The molecule has 0 atom stereocenters. The van der Waals surface area contributed by atoms with E-state index in [1.807, 2.05) is 24.3 Å². The minimum Gasteiger partial charge on any atom is -0.497 e. The second-order valence-corrected chi connectivity index (χ2v) is 8.21. The van der Waals surface area contributed by atoms with Crippen LogP contribution in [0.15, 0.2) is 46.0 Å². The Morgan fingerprint density at radius 2 is 1.95 bits per heavy atom. The fourth-order valence-corrected chi connectivity index (χ4v) is 4.55. The van der Waals surface area contributed by atoms with Crippen molar-refractivity contribution >= 4 is 21.4 Å². The van der Waals surface area contributed by atoms with E-state index in [9.17, 15) is 8.42 Å². The molecule has 4 nitrogen and oxygen atoms in total. The summed E-state index contributed by atoms with van der Waals surface area (Å²) in [5.41, 5.74) is 1.11. The van der Waals surface area contributed by atoms with E-state index in [0.717, 1.165) is 24.2 Å². The second-order valence-electron chi connectivity index (χ2n) is 5.27. The highest BCUT2D eigenvalue weighted by atomic mass is 32.2. The Morgan fingerprint density at radius 1 is 1.24 bits per heavy atom. The molecule has 1 aromatic carbocycles. The van der Waals surface area contributed by atoms with Crippen molar-refractivity contribution in [2.75, 3.05) is 13.7 Å². The van der Waals surface area contributed by atoms with Crippen molar-refractivity contribution < 1.29 is 13.2 Å². The number of hydrogen-bond acceptors (Lipinski definition) is 4. The van der Waals surface area contributed by atoms with Crippen LogP contribution in [0.1, 0.15) is 18.4 Å². The number of hydrogen-bond donors (Lipinski definition) is 1. The number of benzene rings is 1. The fraction of sp³-hybridized carbons (Fsp3) is 0.333. The molecule has 0 radical (unpaired) electrons. The van der Waals surface area contributed by atoms with E-state index in [0.29, 0.717) is 10.8 Å². The summed E-state index contributed by atoms with van der Waals surface area (Å²) in [7, 11) is -1.75. The Labute approximate surface area is 128 Å². The van der Waals surface area contributed by atoms with Gasteiger partial charge in [0.1, 0.15) is 9.96 Å². The molecule has 1 saturated carbocycles. The van der Waals surface area contributed by atoms with Crippen LogP contribution in [-0.2, 0) is 15.4 Å². The molecular weight excluding hydrogens is 306 g/mol. The molecule has 0 aliphatic heterocycles. The van der Waals surface area contributed by atoms with Gasteiger partial charge in [-0.15, -0.1) is 11.3 Å². The number of thiophene rings is 1. The van der Waals surface area contributed by atoms with Crippen molar-refractivity contribution in [3.63, 3.8) is 0 Å². The average Bonchev–Trinajstić information content (AvgIpc) is 3.07. The Kier molecular flexibility index (Phi) is 3.77. The lowest BCUT2D eigenvalue weighted by molar-refractivity contribution is 0.414. The highest BCUT2D eigenvalue weighted by molar-refractivity contribution is 7.91. The minimum atomic E-state index is -3.39. The standard InChI is InChI=1S/C15H17NO3S2/c1-19-13-6-4-12(5-7-13)15(8-9-15)11-16-21(17,18)14-3-2-10-20-14/h2-7,10,16H,8-9,11H2,1H3. The molecule has 1 heterocycles. The molecule has 2 aromatic rings. The number of rotatable bonds is 6. The van der Waals surface area contributed by atoms with Gasteiger partial charge in [-0.05, 0) is 42.0 Å². The predicted molar refractivity (Wildman–Crippen MR) is 83.4 cm³/mol. The molecule has 6 heteroatoms. The van der Waals surface area contributed by atoms with Crippen LogP contribution in [0.2, 0.25) is 0 Å². The molecule has 3 rings (SSSR count). The molecule has 0 amide bonds. The minimum absolute atomic E-state index is 0.0589. The van der Waals surface area contributed by atoms with E-state index in [1.165, 1.54) is 11.3 Å². The molecule has 0 saturated heterocycles. The van der Waals surface area contributed by atoms with Crippen LogP contribution in [0.4, 0.5) is 0 Å². The van der Waals surface area contributed by atoms with Gasteiger partial charge in [0.25, 0.3) is 0 Å². The lowest BCUT2D eigenvalue weighted by Crippen LogP contribution is -2.31. The molecule has 21 heavy (non-hydrogen) atoms. The van der Waals surface area contributed by atoms with Crippen molar-refractivity contribution in [1.29, 1.82) is 0 Å². The van der Waals surface area contributed by atoms with Gasteiger partial charge in [0.15, 0.2) is 0 Å². The number of sulfonamides is 1. The molecule has 1 fully saturated rings. The maximum absolute atomic E-state index is 12.2. The summed E-state index contributed by atoms with van der Waals surface area (Å²) >= 11 is 1.23. The van der Waals surface area contributed by atoms with Crippen molar-refractivity contribution in [2.24, 2.45) is 0 Å². The third-order valence-electron chi connectivity index (χ3n) is 3.92. The normalized spacial score (nSPS) is 16.6.